The quantitative estimate of drug-likeness (QED) is 0.847. The van der Waals surface area contributed by atoms with Crippen LogP contribution in [0.15, 0.2) is 36.5 Å². The summed E-state index contributed by atoms with van der Waals surface area (Å²) >= 11 is 0. The Morgan fingerprint density at radius 1 is 1.29 bits per heavy atom. The molecule has 0 atom stereocenters. The predicted octanol–water partition coefficient (Wildman–Crippen LogP) is 2.08. The molecule has 0 unspecified atom stereocenters. The highest BCUT2D eigenvalue weighted by Crippen LogP contribution is 2.14. The highest BCUT2D eigenvalue weighted by molar-refractivity contribution is 5.55. The molecular formula is C12H13FN4. The first kappa shape index (κ1) is 11.5. The summed E-state index contributed by atoms with van der Waals surface area (Å²) in [5.74, 6) is 1.06. The van der Waals surface area contributed by atoms with Gasteiger partial charge in [0.2, 0.25) is 0 Å². The zero-order valence-electron chi connectivity index (χ0n) is 9.44. The maximum Gasteiger partial charge on any atom is 0.144 e. The van der Waals surface area contributed by atoms with Gasteiger partial charge in [0.1, 0.15) is 17.5 Å². The van der Waals surface area contributed by atoms with Crippen molar-refractivity contribution in [3.63, 3.8) is 0 Å². The van der Waals surface area contributed by atoms with Gasteiger partial charge in [-0.3, -0.25) is 0 Å². The van der Waals surface area contributed by atoms with Crippen LogP contribution in [0, 0.1) is 5.82 Å². The van der Waals surface area contributed by atoms with Crippen molar-refractivity contribution < 1.29 is 4.39 Å². The van der Waals surface area contributed by atoms with Crippen molar-refractivity contribution in [3.8, 4) is 0 Å². The molecule has 0 saturated carbocycles. The molecule has 2 N–H and O–H groups in total. The first-order valence-electron chi connectivity index (χ1n) is 5.27. The minimum absolute atomic E-state index is 0.278. The molecule has 0 aliphatic rings. The number of nitrogens with one attached hydrogen (secondary N) is 2. The minimum Gasteiger partial charge on any atom is -0.340 e. The van der Waals surface area contributed by atoms with E-state index >= 15 is 0 Å². The van der Waals surface area contributed by atoms with Crippen molar-refractivity contribution in [1.29, 1.82) is 0 Å². The second kappa shape index (κ2) is 5.36. The first-order chi connectivity index (χ1) is 8.28. The van der Waals surface area contributed by atoms with Crippen LogP contribution < -0.4 is 10.6 Å². The van der Waals surface area contributed by atoms with E-state index in [1.165, 1.54) is 12.1 Å². The molecule has 5 heteroatoms. The van der Waals surface area contributed by atoms with Crippen molar-refractivity contribution in [1.82, 2.24) is 15.3 Å². The Kier molecular flexibility index (Phi) is 3.62. The Morgan fingerprint density at radius 2 is 2.18 bits per heavy atom. The highest BCUT2D eigenvalue weighted by atomic mass is 19.1. The van der Waals surface area contributed by atoms with Crippen LogP contribution in [0.25, 0.3) is 0 Å². The summed E-state index contributed by atoms with van der Waals surface area (Å²) in [7, 11) is 1.83. The second-order valence-electron chi connectivity index (χ2n) is 3.52. The zero-order valence-corrected chi connectivity index (χ0v) is 9.44. The van der Waals surface area contributed by atoms with Gasteiger partial charge in [-0.15, -0.1) is 0 Å². The van der Waals surface area contributed by atoms with E-state index in [0.717, 1.165) is 0 Å². The molecule has 0 amide bonds. The van der Waals surface area contributed by atoms with Crippen LogP contribution in [0.5, 0.6) is 0 Å². The molecule has 0 spiro atoms. The van der Waals surface area contributed by atoms with Gasteiger partial charge in [-0.05, 0) is 31.3 Å². The van der Waals surface area contributed by atoms with Crippen LogP contribution in [-0.2, 0) is 6.54 Å². The normalized spacial score (nSPS) is 10.2. The SMILES string of the molecule is CNCc1nccc(Nc2cccc(F)c2)n1. The van der Waals surface area contributed by atoms with Crippen LogP contribution in [0.1, 0.15) is 5.82 Å². The smallest absolute Gasteiger partial charge is 0.144 e. The van der Waals surface area contributed by atoms with Gasteiger partial charge < -0.3 is 10.6 Å². The Hall–Kier alpha value is -2.01. The van der Waals surface area contributed by atoms with Crippen LogP contribution in [-0.4, -0.2) is 17.0 Å². The van der Waals surface area contributed by atoms with Gasteiger partial charge in [-0.2, -0.15) is 0 Å². The Balaban J connectivity index is 2.15. The summed E-state index contributed by atoms with van der Waals surface area (Å²) in [6.45, 7) is 0.596. The van der Waals surface area contributed by atoms with E-state index in [9.17, 15) is 4.39 Å². The van der Waals surface area contributed by atoms with Gasteiger partial charge in [0.25, 0.3) is 0 Å². The summed E-state index contributed by atoms with van der Waals surface area (Å²) in [5.41, 5.74) is 0.666. The van der Waals surface area contributed by atoms with E-state index in [1.807, 2.05) is 7.05 Å². The van der Waals surface area contributed by atoms with Crippen LogP contribution in [0.4, 0.5) is 15.9 Å². The van der Waals surface area contributed by atoms with E-state index in [-0.39, 0.29) is 5.82 Å². The van der Waals surface area contributed by atoms with Gasteiger partial charge in [0, 0.05) is 11.9 Å². The van der Waals surface area contributed by atoms with Crippen LogP contribution in [0.3, 0.4) is 0 Å². The molecular weight excluding hydrogens is 219 g/mol. The molecule has 0 fully saturated rings. The molecule has 2 rings (SSSR count). The Bertz CT molecular complexity index is 501. The standard InChI is InChI=1S/C12H13FN4/c1-14-8-12-15-6-5-11(17-12)16-10-4-2-3-9(13)7-10/h2-7,14H,8H2,1H3,(H,15,16,17). The molecule has 17 heavy (non-hydrogen) atoms. The van der Waals surface area contributed by atoms with Gasteiger partial charge in [-0.1, -0.05) is 6.07 Å². The Labute approximate surface area is 98.9 Å². The number of hydrogen-bond acceptors (Lipinski definition) is 4. The van der Waals surface area contributed by atoms with E-state index < -0.39 is 0 Å². The first-order valence-corrected chi connectivity index (χ1v) is 5.27. The number of halogens is 1. The molecule has 4 nitrogen and oxygen atoms in total. The van der Waals surface area contributed by atoms with Gasteiger partial charge in [0.15, 0.2) is 0 Å². The lowest BCUT2D eigenvalue weighted by Gasteiger charge is -2.06. The van der Waals surface area contributed by atoms with E-state index in [0.29, 0.717) is 23.9 Å². The number of benzene rings is 1. The van der Waals surface area contributed by atoms with Crippen molar-refractivity contribution in [3.05, 3.63) is 48.2 Å². The lowest BCUT2D eigenvalue weighted by molar-refractivity contribution is 0.628. The maximum atomic E-state index is 13.0. The maximum absolute atomic E-state index is 13.0. The van der Waals surface area contributed by atoms with Gasteiger partial charge in [0.05, 0.1) is 6.54 Å². The van der Waals surface area contributed by atoms with E-state index in [1.54, 1.807) is 24.4 Å². The topological polar surface area (TPSA) is 49.8 Å². The lowest BCUT2D eigenvalue weighted by atomic mass is 10.3. The molecule has 1 aromatic heterocycles. The fourth-order valence-corrected chi connectivity index (χ4v) is 1.43. The molecule has 0 aliphatic heterocycles. The fraction of sp³-hybridized carbons (Fsp3) is 0.167. The Morgan fingerprint density at radius 3 is 2.94 bits per heavy atom. The molecule has 0 aliphatic carbocycles. The molecule has 0 saturated heterocycles. The van der Waals surface area contributed by atoms with Crippen molar-refractivity contribution in [2.24, 2.45) is 0 Å². The molecule has 0 radical (unpaired) electrons. The summed E-state index contributed by atoms with van der Waals surface area (Å²) in [5, 5.41) is 6.00. The van der Waals surface area contributed by atoms with Crippen LogP contribution >= 0.6 is 0 Å². The van der Waals surface area contributed by atoms with E-state index in [2.05, 4.69) is 20.6 Å². The summed E-state index contributed by atoms with van der Waals surface area (Å²) in [4.78, 5) is 8.38. The number of anilines is 2. The molecule has 2 aromatic rings. The third-order valence-electron chi connectivity index (χ3n) is 2.14. The third-order valence-corrected chi connectivity index (χ3v) is 2.14. The third kappa shape index (κ3) is 3.22. The number of aromatic nitrogens is 2. The molecule has 88 valence electrons. The molecule has 1 aromatic carbocycles. The largest absolute Gasteiger partial charge is 0.340 e. The van der Waals surface area contributed by atoms with Gasteiger partial charge >= 0.3 is 0 Å². The predicted molar refractivity (Wildman–Crippen MR) is 64.5 cm³/mol. The number of rotatable bonds is 4. The van der Waals surface area contributed by atoms with Crippen LogP contribution in [0.2, 0.25) is 0 Å². The average Bonchev–Trinajstić information content (AvgIpc) is 2.30. The summed E-state index contributed by atoms with van der Waals surface area (Å²) < 4.78 is 13.0. The average molecular weight is 232 g/mol. The summed E-state index contributed by atoms with van der Waals surface area (Å²) in [6, 6.07) is 7.98. The van der Waals surface area contributed by atoms with Crippen molar-refractivity contribution >= 4 is 11.5 Å². The zero-order chi connectivity index (χ0) is 12.1. The van der Waals surface area contributed by atoms with E-state index in [4.69, 9.17) is 0 Å². The fourth-order valence-electron chi connectivity index (χ4n) is 1.43. The summed E-state index contributed by atoms with van der Waals surface area (Å²) in [6.07, 6.45) is 1.67. The second-order valence-corrected chi connectivity index (χ2v) is 3.52. The number of hydrogen-bond donors (Lipinski definition) is 2. The lowest BCUT2D eigenvalue weighted by Crippen LogP contribution is -2.09. The highest BCUT2D eigenvalue weighted by Gasteiger charge is 2.00. The monoisotopic (exact) mass is 232 g/mol. The number of nitrogens with zero attached hydrogens (tertiary/aromatic N) is 2. The minimum atomic E-state index is -0.278. The molecule has 0 bridgehead atoms. The molecule has 1 heterocycles. The van der Waals surface area contributed by atoms with Crippen molar-refractivity contribution in [2.45, 2.75) is 6.54 Å². The van der Waals surface area contributed by atoms with Crippen molar-refractivity contribution in [2.75, 3.05) is 12.4 Å². The van der Waals surface area contributed by atoms with Gasteiger partial charge in [-0.25, -0.2) is 14.4 Å².